The quantitative estimate of drug-likeness (QED) is 0.551. The van der Waals surface area contributed by atoms with Crippen molar-refractivity contribution in [3.05, 3.63) is 47.0 Å². The Morgan fingerprint density at radius 2 is 1.69 bits per heavy atom. The van der Waals surface area contributed by atoms with Gasteiger partial charge in [0.1, 0.15) is 23.3 Å². The van der Waals surface area contributed by atoms with Crippen LogP contribution in [-0.2, 0) is 14.8 Å². The molecule has 176 valence electrons. The number of carbonyl (C=O) groups is 1. The van der Waals surface area contributed by atoms with Crippen LogP contribution in [0.4, 0.5) is 5.69 Å². The lowest BCUT2D eigenvalue weighted by Gasteiger charge is -2.32. The fraction of sp³-hybridized carbons (Fsp3) is 0.409. The molecule has 10 heteroatoms. The topological polar surface area (TPSA) is 94.2 Å². The summed E-state index contributed by atoms with van der Waals surface area (Å²) < 4.78 is 42.6. The molecule has 0 aliphatic carbocycles. The van der Waals surface area contributed by atoms with Crippen molar-refractivity contribution < 1.29 is 27.4 Å². The van der Waals surface area contributed by atoms with Crippen LogP contribution in [0.15, 0.2) is 36.4 Å². The molecule has 0 heterocycles. The normalized spacial score (nSPS) is 13.1. The number of amides is 1. The highest BCUT2D eigenvalue weighted by Gasteiger charge is 2.34. The Morgan fingerprint density at radius 1 is 1.06 bits per heavy atom. The zero-order chi connectivity index (χ0) is 24.1. The van der Waals surface area contributed by atoms with E-state index < -0.39 is 28.0 Å². The molecule has 2 rings (SSSR count). The van der Waals surface area contributed by atoms with E-state index in [4.69, 9.17) is 25.8 Å². The summed E-state index contributed by atoms with van der Waals surface area (Å²) in [6, 6.07) is 8.36. The summed E-state index contributed by atoms with van der Waals surface area (Å²) in [4.78, 5) is 13.3. The van der Waals surface area contributed by atoms with Gasteiger partial charge in [0.05, 0.1) is 39.3 Å². The zero-order valence-electron chi connectivity index (χ0n) is 19.0. The number of benzene rings is 2. The molecule has 2 atom stereocenters. The SMILES string of the molecule is CC[C@@H](C(=O)N[C@@H](C)c1cc(OC)ccc1OC)N(c1cc(Cl)ccc1OC)S(C)(=O)=O. The van der Waals surface area contributed by atoms with Gasteiger partial charge in [-0.15, -0.1) is 0 Å². The highest BCUT2D eigenvalue weighted by Crippen LogP contribution is 2.35. The average Bonchev–Trinajstić information content (AvgIpc) is 2.75. The maximum atomic E-state index is 13.3. The molecule has 0 aromatic heterocycles. The fourth-order valence-corrected chi connectivity index (χ4v) is 4.81. The van der Waals surface area contributed by atoms with Gasteiger partial charge in [0.25, 0.3) is 0 Å². The smallest absolute Gasteiger partial charge is 0.244 e. The van der Waals surface area contributed by atoms with Crippen LogP contribution in [0.2, 0.25) is 5.02 Å². The minimum absolute atomic E-state index is 0.191. The first kappa shape index (κ1) is 25.6. The maximum Gasteiger partial charge on any atom is 0.244 e. The first-order valence-electron chi connectivity index (χ1n) is 9.92. The van der Waals surface area contributed by atoms with E-state index in [-0.39, 0.29) is 17.9 Å². The molecule has 0 radical (unpaired) electrons. The molecule has 1 N–H and O–H groups in total. The summed E-state index contributed by atoms with van der Waals surface area (Å²) in [5.74, 6) is 0.990. The van der Waals surface area contributed by atoms with Crippen LogP contribution in [0.3, 0.4) is 0 Å². The van der Waals surface area contributed by atoms with Crippen molar-refractivity contribution in [1.82, 2.24) is 5.32 Å². The first-order chi connectivity index (χ1) is 15.1. The molecule has 0 fully saturated rings. The van der Waals surface area contributed by atoms with Gasteiger partial charge < -0.3 is 19.5 Å². The number of carbonyl (C=O) groups excluding carboxylic acids is 1. The number of hydrogen-bond acceptors (Lipinski definition) is 6. The number of nitrogens with one attached hydrogen (secondary N) is 1. The van der Waals surface area contributed by atoms with E-state index in [0.29, 0.717) is 22.1 Å². The molecule has 0 aliphatic rings. The van der Waals surface area contributed by atoms with E-state index in [9.17, 15) is 13.2 Å². The predicted molar refractivity (Wildman–Crippen MR) is 126 cm³/mol. The summed E-state index contributed by atoms with van der Waals surface area (Å²) in [6.07, 6.45) is 1.26. The third kappa shape index (κ3) is 5.77. The van der Waals surface area contributed by atoms with Gasteiger partial charge >= 0.3 is 0 Å². The molecule has 1 amide bonds. The zero-order valence-corrected chi connectivity index (χ0v) is 20.6. The third-order valence-electron chi connectivity index (χ3n) is 4.97. The Morgan fingerprint density at radius 3 is 2.22 bits per heavy atom. The minimum atomic E-state index is -3.86. The van der Waals surface area contributed by atoms with E-state index in [1.165, 1.54) is 20.3 Å². The molecule has 0 aliphatic heterocycles. The van der Waals surface area contributed by atoms with Crippen molar-refractivity contribution >= 4 is 33.2 Å². The Kier molecular flexibility index (Phi) is 8.63. The Labute approximate surface area is 194 Å². The second kappa shape index (κ2) is 10.8. The molecule has 0 spiro atoms. The molecule has 0 bridgehead atoms. The molecule has 32 heavy (non-hydrogen) atoms. The van der Waals surface area contributed by atoms with Crippen LogP contribution in [-0.4, -0.2) is 48.0 Å². The molecule has 0 unspecified atom stereocenters. The number of anilines is 1. The van der Waals surface area contributed by atoms with E-state index in [1.807, 2.05) is 0 Å². The number of methoxy groups -OCH3 is 3. The average molecular weight is 485 g/mol. The molecular weight excluding hydrogens is 456 g/mol. The first-order valence-corrected chi connectivity index (χ1v) is 12.1. The van der Waals surface area contributed by atoms with Crippen molar-refractivity contribution in [3.63, 3.8) is 0 Å². The summed E-state index contributed by atoms with van der Waals surface area (Å²) in [5.41, 5.74) is 0.886. The summed E-state index contributed by atoms with van der Waals surface area (Å²) in [7, 11) is 0.643. The lowest BCUT2D eigenvalue weighted by molar-refractivity contribution is -0.122. The van der Waals surface area contributed by atoms with Gasteiger partial charge in [-0.25, -0.2) is 8.42 Å². The lowest BCUT2D eigenvalue weighted by Crippen LogP contribution is -2.49. The van der Waals surface area contributed by atoms with Crippen LogP contribution in [0.5, 0.6) is 17.2 Å². The number of rotatable bonds is 10. The Hall–Kier alpha value is -2.65. The van der Waals surface area contributed by atoms with Crippen LogP contribution in [0.25, 0.3) is 0 Å². The monoisotopic (exact) mass is 484 g/mol. The molecular formula is C22H29ClN2O6S. The number of sulfonamides is 1. The minimum Gasteiger partial charge on any atom is -0.497 e. The van der Waals surface area contributed by atoms with Crippen LogP contribution >= 0.6 is 11.6 Å². The molecule has 0 saturated carbocycles. The largest absolute Gasteiger partial charge is 0.497 e. The van der Waals surface area contributed by atoms with Gasteiger partial charge in [-0.2, -0.15) is 0 Å². The van der Waals surface area contributed by atoms with Gasteiger partial charge in [0.15, 0.2) is 0 Å². The molecule has 2 aromatic carbocycles. The van der Waals surface area contributed by atoms with E-state index in [1.54, 1.807) is 51.3 Å². The van der Waals surface area contributed by atoms with Crippen molar-refractivity contribution in [2.24, 2.45) is 0 Å². The van der Waals surface area contributed by atoms with Gasteiger partial charge in [-0.3, -0.25) is 9.10 Å². The van der Waals surface area contributed by atoms with Crippen LogP contribution < -0.4 is 23.8 Å². The van der Waals surface area contributed by atoms with E-state index in [2.05, 4.69) is 5.32 Å². The van der Waals surface area contributed by atoms with Gasteiger partial charge in [-0.05, 0) is 49.7 Å². The van der Waals surface area contributed by atoms with Crippen LogP contribution in [0, 0.1) is 0 Å². The second-order valence-corrected chi connectivity index (χ2v) is 9.43. The summed E-state index contributed by atoms with van der Waals surface area (Å²) >= 11 is 6.12. The van der Waals surface area contributed by atoms with Gasteiger partial charge in [-0.1, -0.05) is 18.5 Å². The summed E-state index contributed by atoms with van der Waals surface area (Å²) in [6.45, 7) is 3.52. The standard InChI is InChI=1S/C22H29ClN2O6S/c1-7-18(25(32(6,27)28)19-12-15(23)8-10-21(19)31-5)22(26)24-14(2)17-13-16(29-3)9-11-20(17)30-4/h8-14,18H,7H2,1-6H3,(H,24,26)/t14-,18-/m0/s1. The van der Waals surface area contributed by atoms with Crippen molar-refractivity contribution in [2.75, 3.05) is 31.9 Å². The van der Waals surface area contributed by atoms with Crippen molar-refractivity contribution in [1.29, 1.82) is 0 Å². The summed E-state index contributed by atoms with van der Waals surface area (Å²) in [5, 5.41) is 3.21. The highest BCUT2D eigenvalue weighted by atomic mass is 35.5. The van der Waals surface area contributed by atoms with E-state index in [0.717, 1.165) is 10.6 Å². The maximum absolute atomic E-state index is 13.3. The highest BCUT2D eigenvalue weighted by molar-refractivity contribution is 7.92. The molecule has 2 aromatic rings. The number of nitrogens with zero attached hydrogens (tertiary/aromatic N) is 1. The molecule has 0 saturated heterocycles. The molecule has 8 nitrogen and oxygen atoms in total. The third-order valence-corrected chi connectivity index (χ3v) is 6.37. The van der Waals surface area contributed by atoms with Crippen molar-refractivity contribution in [3.8, 4) is 17.2 Å². The number of hydrogen-bond donors (Lipinski definition) is 1. The number of ether oxygens (including phenoxy) is 3. The van der Waals surface area contributed by atoms with Crippen molar-refractivity contribution in [2.45, 2.75) is 32.4 Å². The predicted octanol–water partition coefficient (Wildman–Crippen LogP) is 3.79. The van der Waals surface area contributed by atoms with Gasteiger partial charge in [0, 0.05) is 10.6 Å². The Balaban J connectivity index is 2.45. The number of halogens is 1. The fourth-order valence-electron chi connectivity index (χ4n) is 3.44. The van der Waals surface area contributed by atoms with Crippen LogP contribution in [0.1, 0.15) is 31.9 Å². The second-order valence-electron chi connectivity index (χ2n) is 7.14. The Bertz CT molecular complexity index is 1060. The van der Waals surface area contributed by atoms with E-state index >= 15 is 0 Å². The van der Waals surface area contributed by atoms with Gasteiger partial charge in [0.2, 0.25) is 15.9 Å². The lowest BCUT2D eigenvalue weighted by atomic mass is 10.1.